The maximum absolute atomic E-state index is 12.7. The molecule has 2 N–H and O–H groups in total. The van der Waals surface area contributed by atoms with Crippen LogP contribution in [0.4, 0.5) is 9.97 Å². The van der Waals surface area contributed by atoms with Gasteiger partial charge in [-0.3, -0.25) is 0 Å². The molecule has 1 aromatic heterocycles. The summed E-state index contributed by atoms with van der Waals surface area (Å²) < 4.78 is 13.7. The van der Waals surface area contributed by atoms with Crippen LogP contribution in [0.3, 0.4) is 0 Å². The van der Waals surface area contributed by atoms with Crippen LogP contribution < -0.4 is 5.73 Å². The van der Waals surface area contributed by atoms with Gasteiger partial charge in [-0.25, -0.2) is 4.39 Å². The van der Waals surface area contributed by atoms with E-state index in [4.69, 9.17) is 5.73 Å². The Morgan fingerprint density at radius 2 is 1.50 bits per heavy atom. The van der Waals surface area contributed by atoms with Crippen molar-refractivity contribution in [3.8, 4) is 0 Å². The first-order valence-corrected chi connectivity index (χ1v) is 15.0. The Kier molecular flexibility index (Phi) is 25.8. The molecular weight excluding hydrogens is 508 g/mol. The van der Waals surface area contributed by atoms with E-state index in [0.29, 0.717) is 0 Å². The van der Waals surface area contributed by atoms with E-state index in [1.54, 1.807) is 12.1 Å². The van der Waals surface area contributed by atoms with Crippen molar-refractivity contribution >= 4 is 28.4 Å². The van der Waals surface area contributed by atoms with Crippen molar-refractivity contribution in [2.75, 3.05) is 5.73 Å². The van der Waals surface area contributed by atoms with Gasteiger partial charge in [-0.2, -0.15) is 0 Å². The zero-order chi connectivity index (χ0) is 27.8. The Balaban J connectivity index is 0. The number of halogens is 2. The van der Waals surface area contributed by atoms with Gasteiger partial charge in [-0.1, -0.05) is 102 Å². The molecule has 1 nitrogen and oxygen atoms in total. The van der Waals surface area contributed by atoms with Gasteiger partial charge in [0, 0.05) is 4.47 Å². The predicted octanol–water partition coefficient (Wildman–Crippen LogP) is 11.1. The molecule has 204 valence electrons. The average molecular weight is 563 g/mol. The van der Waals surface area contributed by atoms with Crippen LogP contribution in [0.5, 0.6) is 0 Å². The second kappa shape index (κ2) is 25.2. The summed E-state index contributed by atoms with van der Waals surface area (Å²) in [5, 5.41) is 0. The molecule has 0 fully saturated rings. The van der Waals surface area contributed by atoms with Gasteiger partial charge >= 0.3 is 55.2 Å². The molecule has 0 amide bonds. The fourth-order valence-corrected chi connectivity index (χ4v) is 3.89. The van der Waals surface area contributed by atoms with Crippen LogP contribution in [0.2, 0.25) is 0 Å². The van der Waals surface area contributed by atoms with Crippen LogP contribution in [0.1, 0.15) is 117 Å². The van der Waals surface area contributed by atoms with Crippen molar-refractivity contribution in [2.45, 2.75) is 119 Å². The van der Waals surface area contributed by atoms with Gasteiger partial charge in [0.15, 0.2) is 0 Å². The summed E-state index contributed by atoms with van der Waals surface area (Å²) in [6, 6.07) is 9.06. The summed E-state index contributed by atoms with van der Waals surface area (Å²) in [4.78, 5) is 0. The first-order chi connectivity index (χ1) is 17.2. The Hall–Kier alpha value is -1.42. The van der Waals surface area contributed by atoms with Gasteiger partial charge in [-0.15, -0.1) is 0 Å². The van der Waals surface area contributed by atoms with Crippen LogP contribution in [-0.4, -0.2) is 6.91 Å². The maximum atomic E-state index is 12.7. The molecule has 2 aromatic rings. The van der Waals surface area contributed by atoms with Crippen molar-refractivity contribution in [1.29, 1.82) is 0 Å². The number of hydrogen-bond acceptors (Lipinski definition) is 1. The topological polar surface area (TPSA) is 26.0 Å². The standard InChI is InChI=1S/C13H26.C8H8BrF.C7H10BN.C4H10/c1-5-8-11-12(4)13(9-6-2)10-7-3;1-2-6-5-7(9)3-4-8(6)10;1-2-6-3-4-8-7(9)5-6;1-3-4-2/h13H,4-11H2,1-3H3;3-5H,2H2,1H3;3-5H,2,9H2,1H3;3-4H2,1-2H3. The molecule has 36 heavy (non-hydrogen) atoms. The minimum absolute atomic E-state index is 0.120. The van der Waals surface area contributed by atoms with E-state index in [0.717, 1.165) is 34.4 Å². The quantitative estimate of drug-likeness (QED) is 0.271. The second-order valence-corrected chi connectivity index (χ2v) is 10.1. The van der Waals surface area contributed by atoms with Gasteiger partial charge < -0.3 is 0 Å². The fraction of sp³-hybridized carbons (Fsp3) is 0.594. The minimum atomic E-state index is -0.120. The molecule has 0 atom stereocenters. The van der Waals surface area contributed by atoms with E-state index in [-0.39, 0.29) is 5.82 Å². The summed E-state index contributed by atoms with van der Waals surface area (Å²) in [5.74, 6) is 2.67. The summed E-state index contributed by atoms with van der Waals surface area (Å²) in [6.45, 7) is 21.3. The van der Waals surface area contributed by atoms with Gasteiger partial charge in [-0.05, 0) is 61.8 Å². The molecule has 0 unspecified atom stereocenters. The van der Waals surface area contributed by atoms with Crippen LogP contribution in [0, 0.1) is 11.7 Å². The van der Waals surface area contributed by atoms with Crippen molar-refractivity contribution in [3.05, 3.63) is 69.9 Å². The molecule has 0 saturated carbocycles. The molecule has 0 aliphatic heterocycles. The van der Waals surface area contributed by atoms with Crippen LogP contribution in [0.25, 0.3) is 0 Å². The summed E-state index contributed by atoms with van der Waals surface area (Å²) in [5.41, 5.74) is 9.95. The van der Waals surface area contributed by atoms with Crippen LogP contribution in [0.15, 0.2) is 52.9 Å². The Labute approximate surface area is 232 Å². The number of anilines is 1. The van der Waals surface area contributed by atoms with E-state index in [2.05, 4.69) is 70.1 Å². The normalized spacial score (nSPS) is 9.72. The summed E-state index contributed by atoms with van der Waals surface area (Å²) >= 11 is 3.27. The summed E-state index contributed by atoms with van der Waals surface area (Å²) in [7, 11) is 0. The number of benzene rings is 1. The second-order valence-electron chi connectivity index (χ2n) is 9.22. The molecule has 0 radical (unpaired) electrons. The Morgan fingerprint density at radius 1 is 0.889 bits per heavy atom. The molecule has 0 saturated heterocycles. The Morgan fingerprint density at radius 3 is 1.89 bits per heavy atom. The molecule has 0 spiro atoms. The van der Waals surface area contributed by atoms with Gasteiger partial charge in [0.05, 0.1) is 0 Å². The van der Waals surface area contributed by atoms with Crippen molar-refractivity contribution in [3.63, 3.8) is 0 Å². The van der Waals surface area contributed by atoms with Gasteiger partial charge in [0.2, 0.25) is 0 Å². The van der Waals surface area contributed by atoms with Crippen molar-refractivity contribution in [1.82, 2.24) is 0 Å². The first-order valence-electron chi connectivity index (χ1n) is 14.2. The SMILES string of the molecule is C=C(CCCC)C(CCC)CCC.CCCC.CCc1cc(Br)ccc1F.CCc1ccbc(N)c1. The molecular formula is C32H54BBrFN. The number of nitrogen functional groups attached to an aromatic ring is 1. The van der Waals surface area contributed by atoms with E-state index in [9.17, 15) is 4.39 Å². The predicted molar refractivity (Wildman–Crippen MR) is 168 cm³/mol. The number of rotatable bonds is 11. The molecule has 0 bridgehead atoms. The van der Waals surface area contributed by atoms with Gasteiger partial charge in [0.1, 0.15) is 5.82 Å². The zero-order valence-electron chi connectivity index (χ0n) is 24.4. The number of hydrogen-bond donors (Lipinski definition) is 1. The van der Waals surface area contributed by atoms with Gasteiger partial charge in [0.25, 0.3) is 0 Å². The van der Waals surface area contributed by atoms with Crippen molar-refractivity contribution < 1.29 is 4.39 Å². The Bertz CT molecular complexity index is 785. The van der Waals surface area contributed by atoms with E-state index >= 15 is 0 Å². The molecule has 4 heteroatoms. The number of nitrogens with two attached hydrogens (primary N) is 1. The zero-order valence-corrected chi connectivity index (χ0v) is 26.0. The molecule has 0 aliphatic rings. The molecule has 0 aliphatic carbocycles. The van der Waals surface area contributed by atoms with Crippen molar-refractivity contribution in [2.24, 2.45) is 5.92 Å². The molecule has 2 rings (SSSR count). The molecule has 1 aromatic carbocycles. The number of allylic oxidation sites excluding steroid dienone is 1. The monoisotopic (exact) mass is 561 g/mol. The van der Waals surface area contributed by atoms with Crippen LogP contribution >= 0.6 is 15.9 Å². The third-order valence-corrected chi connectivity index (χ3v) is 6.44. The number of unbranched alkanes of at least 4 members (excludes halogenated alkanes) is 2. The number of aryl methyl sites for hydroxylation is 2. The average Bonchev–Trinajstić information content (AvgIpc) is 2.89. The molecule has 1 heterocycles. The van der Waals surface area contributed by atoms with E-state index < -0.39 is 0 Å². The third kappa shape index (κ3) is 19.7. The van der Waals surface area contributed by atoms with Crippen LogP contribution in [-0.2, 0) is 12.8 Å². The fourth-order valence-electron chi connectivity index (χ4n) is 3.48. The van der Waals surface area contributed by atoms with E-state index in [1.807, 2.05) is 25.9 Å². The summed E-state index contributed by atoms with van der Waals surface area (Å²) in [6.07, 6.45) is 13.6. The first kappa shape index (κ1) is 36.7. The van der Waals surface area contributed by atoms with E-state index in [1.165, 1.54) is 75.0 Å². The third-order valence-electron chi connectivity index (χ3n) is 5.95.